The summed E-state index contributed by atoms with van der Waals surface area (Å²) in [7, 11) is -3.66. The minimum absolute atomic E-state index is 0.171. The Balaban J connectivity index is 2.12. The van der Waals surface area contributed by atoms with E-state index in [0.717, 1.165) is 17.5 Å². The van der Waals surface area contributed by atoms with Crippen LogP contribution in [0.2, 0.25) is 0 Å². The predicted octanol–water partition coefficient (Wildman–Crippen LogP) is 5.11. The smallest absolute Gasteiger partial charge is 0.224 e. The predicted molar refractivity (Wildman–Crippen MR) is 106 cm³/mol. The number of imidazole rings is 1. The van der Waals surface area contributed by atoms with Gasteiger partial charge in [-0.2, -0.15) is 0 Å². The van der Waals surface area contributed by atoms with E-state index in [1.165, 1.54) is 11.8 Å². The Morgan fingerprint density at radius 1 is 1.08 bits per heavy atom. The summed E-state index contributed by atoms with van der Waals surface area (Å²) >= 11 is 1.49. The van der Waals surface area contributed by atoms with Crippen molar-refractivity contribution < 1.29 is 8.42 Å². The molecule has 3 rings (SSSR count). The van der Waals surface area contributed by atoms with E-state index in [9.17, 15) is 8.42 Å². The van der Waals surface area contributed by atoms with Crippen molar-refractivity contribution in [2.45, 2.75) is 47.4 Å². The van der Waals surface area contributed by atoms with Crippen molar-refractivity contribution in [3.05, 3.63) is 60.2 Å². The lowest BCUT2D eigenvalue weighted by Crippen LogP contribution is -2.05. The first-order valence-electron chi connectivity index (χ1n) is 8.55. The topological polar surface area (TPSA) is 62.8 Å². The zero-order valence-electron chi connectivity index (χ0n) is 15.1. The van der Waals surface area contributed by atoms with Gasteiger partial charge in [-0.15, -0.1) is 11.8 Å². The molecule has 2 aromatic carbocycles. The van der Waals surface area contributed by atoms with Gasteiger partial charge >= 0.3 is 0 Å². The molecule has 1 heterocycles. The average Bonchev–Trinajstić information content (AvgIpc) is 3.07. The Morgan fingerprint density at radius 3 is 2.35 bits per heavy atom. The second-order valence-electron chi connectivity index (χ2n) is 6.24. The Labute approximate surface area is 159 Å². The summed E-state index contributed by atoms with van der Waals surface area (Å²) in [6.45, 7) is 6.17. The van der Waals surface area contributed by atoms with Gasteiger partial charge in [-0.05, 0) is 25.5 Å². The number of hydrogen-bond acceptors (Lipinski definition) is 4. The zero-order chi connectivity index (χ0) is 18.7. The molecule has 1 atom stereocenters. The summed E-state index contributed by atoms with van der Waals surface area (Å²) < 4.78 is 26.3. The summed E-state index contributed by atoms with van der Waals surface area (Å²) in [4.78, 5) is 7.95. The number of nitrogens with one attached hydrogen (secondary N) is 1. The van der Waals surface area contributed by atoms with E-state index in [4.69, 9.17) is 0 Å². The third kappa shape index (κ3) is 3.86. The lowest BCUT2D eigenvalue weighted by atomic mass is 10.1. The van der Waals surface area contributed by atoms with Crippen LogP contribution in [-0.4, -0.2) is 23.6 Å². The van der Waals surface area contributed by atoms with E-state index in [1.807, 2.05) is 31.2 Å². The summed E-state index contributed by atoms with van der Waals surface area (Å²) in [5.74, 6) is 0.574. The van der Waals surface area contributed by atoms with E-state index >= 15 is 0 Å². The number of sulfone groups is 1. The SMILES string of the molecule is CC[C@@H](C)Sc1nc(-c2ccc(C)cc2)[nH]c1S(=O)(=O)c1ccccc1. The first-order chi connectivity index (χ1) is 12.4. The van der Waals surface area contributed by atoms with Gasteiger partial charge < -0.3 is 4.98 Å². The van der Waals surface area contributed by atoms with Gasteiger partial charge in [0, 0.05) is 10.8 Å². The van der Waals surface area contributed by atoms with Crippen molar-refractivity contribution in [3.8, 4) is 11.4 Å². The molecule has 0 amide bonds. The van der Waals surface area contributed by atoms with Crippen LogP contribution in [0.5, 0.6) is 0 Å². The number of nitrogens with zero attached hydrogens (tertiary/aromatic N) is 1. The fraction of sp³-hybridized carbons (Fsp3) is 0.250. The van der Waals surface area contributed by atoms with Crippen LogP contribution in [0.1, 0.15) is 25.8 Å². The highest BCUT2D eigenvalue weighted by Gasteiger charge is 2.27. The molecule has 26 heavy (non-hydrogen) atoms. The average molecular weight is 387 g/mol. The molecule has 0 aliphatic carbocycles. The highest BCUT2D eigenvalue weighted by Crippen LogP contribution is 2.34. The lowest BCUT2D eigenvalue weighted by molar-refractivity contribution is 0.590. The van der Waals surface area contributed by atoms with Gasteiger partial charge in [0.1, 0.15) is 10.9 Å². The number of aromatic amines is 1. The summed E-state index contributed by atoms with van der Waals surface area (Å²) in [5.41, 5.74) is 2.02. The first-order valence-corrected chi connectivity index (χ1v) is 10.9. The number of aryl methyl sites for hydroxylation is 1. The molecule has 136 valence electrons. The third-order valence-electron chi connectivity index (χ3n) is 4.17. The molecule has 0 bridgehead atoms. The quantitative estimate of drug-likeness (QED) is 0.598. The van der Waals surface area contributed by atoms with E-state index in [2.05, 4.69) is 23.8 Å². The highest BCUT2D eigenvalue weighted by atomic mass is 32.2. The number of H-pyrrole nitrogens is 1. The molecule has 0 unspecified atom stereocenters. The maximum Gasteiger partial charge on any atom is 0.224 e. The van der Waals surface area contributed by atoms with Gasteiger partial charge in [0.25, 0.3) is 0 Å². The van der Waals surface area contributed by atoms with E-state index in [1.54, 1.807) is 30.3 Å². The fourth-order valence-electron chi connectivity index (χ4n) is 2.44. The molecular formula is C20H22N2O2S2. The van der Waals surface area contributed by atoms with E-state index < -0.39 is 9.84 Å². The van der Waals surface area contributed by atoms with Crippen molar-refractivity contribution in [2.75, 3.05) is 0 Å². The third-order valence-corrected chi connectivity index (χ3v) is 7.28. The van der Waals surface area contributed by atoms with E-state index in [-0.39, 0.29) is 15.2 Å². The maximum absolute atomic E-state index is 13.1. The number of rotatable bonds is 6. The van der Waals surface area contributed by atoms with Crippen LogP contribution in [0.4, 0.5) is 0 Å². The standard InChI is InChI=1S/C20H22N2O2S2/c1-4-15(3)25-19-20(26(23,24)17-8-6-5-7-9-17)22-18(21-19)16-12-10-14(2)11-13-16/h5-13,15H,4H2,1-3H3,(H,21,22)/t15-/m1/s1. The number of aromatic nitrogens is 2. The summed E-state index contributed by atoms with van der Waals surface area (Å²) in [6, 6.07) is 16.4. The van der Waals surface area contributed by atoms with E-state index in [0.29, 0.717) is 10.9 Å². The molecule has 0 aliphatic rings. The number of benzene rings is 2. The molecule has 3 aromatic rings. The van der Waals surface area contributed by atoms with Crippen molar-refractivity contribution >= 4 is 21.6 Å². The second kappa shape index (κ2) is 7.68. The van der Waals surface area contributed by atoms with Gasteiger partial charge in [0.15, 0.2) is 5.03 Å². The Bertz CT molecular complexity index is 978. The molecule has 0 spiro atoms. The number of hydrogen-bond donors (Lipinski definition) is 1. The Kier molecular flexibility index (Phi) is 5.53. The molecule has 0 aliphatic heterocycles. The van der Waals surface area contributed by atoms with Crippen LogP contribution in [0.25, 0.3) is 11.4 Å². The zero-order valence-corrected chi connectivity index (χ0v) is 16.7. The van der Waals surface area contributed by atoms with Crippen LogP contribution in [0, 0.1) is 6.92 Å². The Morgan fingerprint density at radius 2 is 1.73 bits per heavy atom. The van der Waals surface area contributed by atoms with Crippen LogP contribution in [0.3, 0.4) is 0 Å². The fourth-order valence-corrected chi connectivity index (χ4v) is 5.02. The lowest BCUT2D eigenvalue weighted by Gasteiger charge is -2.08. The van der Waals surface area contributed by atoms with Crippen LogP contribution in [0.15, 0.2) is 69.5 Å². The molecule has 0 saturated heterocycles. The molecule has 0 saturated carbocycles. The van der Waals surface area contributed by atoms with Crippen molar-refractivity contribution in [2.24, 2.45) is 0 Å². The molecule has 0 fully saturated rings. The summed E-state index contributed by atoms with van der Waals surface area (Å²) in [6.07, 6.45) is 0.933. The van der Waals surface area contributed by atoms with Crippen molar-refractivity contribution in [1.29, 1.82) is 0 Å². The first kappa shape index (κ1) is 18.7. The maximum atomic E-state index is 13.1. The minimum atomic E-state index is -3.66. The summed E-state index contributed by atoms with van der Waals surface area (Å²) in [5, 5.41) is 0.970. The van der Waals surface area contributed by atoms with Crippen LogP contribution in [-0.2, 0) is 9.84 Å². The highest BCUT2D eigenvalue weighted by molar-refractivity contribution is 8.00. The van der Waals surface area contributed by atoms with Gasteiger partial charge in [-0.3, -0.25) is 0 Å². The van der Waals surface area contributed by atoms with Gasteiger partial charge in [-0.25, -0.2) is 13.4 Å². The van der Waals surface area contributed by atoms with Gasteiger partial charge in [0.2, 0.25) is 9.84 Å². The molecule has 6 heteroatoms. The van der Waals surface area contributed by atoms with Gasteiger partial charge in [0.05, 0.1) is 4.90 Å². The molecule has 4 nitrogen and oxygen atoms in total. The van der Waals surface area contributed by atoms with Crippen molar-refractivity contribution in [3.63, 3.8) is 0 Å². The minimum Gasteiger partial charge on any atom is -0.328 e. The largest absolute Gasteiger partial charge is 0.328 e. The van der Waals surface area contributed by atoms with Gasteiger partial charge in [-0.1, -0.05) is 61.9 Å². The number of thioether (sulfide) groups is 1. The van der Waals surface area contributed by atoms with Crippen LogP contribution >= 0.6 is 11.8 Å². The monoisotopic (exact) mass is 386 g/mol. The normalized spacial score (nSPS) is 12.9. The Hall–Kier alpha value is -2.05. The molecule has 1 N–H and O–H groups in total. The van der Waals surface area contributed by atoms with Crippen molar-refractivity contribution in [1.82, 2.24) is 9.97 Å². The second-order valence-corrected chi connectivity index (χ2v) is 9.55. The van der Waals surface area contributed by atoms with Crippen LogP contribution < -0.4 is 0 Å². The molecular weight excluding hydrogens is 364 g/mol. The molecule has 0 radical (unpaired) electrons. The molecule has 1 aromatic heterocycles.